The van der Waals surface area contributed by atoms with Crippen LogP contribution in [0.1, 0.15) is 18.4 Å². The highest BCUT2D eigenvalue weighted by molar-refractivity contribution is 7.93. The van der Waals surface area contributed by atoms with Crippen LogP contribution in [0.4, 0.5) is 11.4 Å². The zero-order chi connectivity index (χ0) is 14.5. The van der Waals surface area contributed by atoms with Crippen molar-refractivity contribution < 1.29 is 18.1 Å². The molecule has 1 aliphatic carbocycles. The van der Waals surface area contributed by atoms with Crippen molar-refractivity contribution >= 4 is 21.4 Å². The van der Waals surface area contributed by atoms with Gasteiger partial charge in [0.1, 0.15) is 11.4 Å². The summed E-state index contributed by atoms with van der Waals surface area (Å²) >= 11 is 0. The third-order valence-electron chi connectivity index (χ3n) is 3.65. The third-order valence-corrected chi connectivity index (χ3v) is 5.92. The standard InChI is InChI=1S/C12H14N2O5S/c1-13(20(17,18)9-2-3-9)10-6-8-4-5-19-12(8)7-11(10)14(15)16/h6-7,9H,2-5H2,1H3. The van der Waals surface area contributed by atoms with Crippen molar-refractivity contribution in [1.82, 2.24) is 0 Å². The van der Waals surface area contributed by atoms with Crippen LogP contribution in [0.15, 0.2) is 12.1 Å². The molecule has 0 radical (unpaired) electrons. The first kappa shape index (κ1) is 13.2. The van der Waals surface area contributed by atoms with Crippen LogP contribution < -0.4 is 9.04 Å². The number of fused-ring (bicyclic) bond motifs is 1. The van der Waals surface area contributed by atoms with Crippen molar-refractivity contribution in [2.75, 3.05) is 18.0 Å². The molecule has 0 spiro atoms. The molecule has 108 valence electrons. The molecule has 1 heterocycles. The minimum absolute atomic E-state index is 0.117. The van der Waals surface area contributed by atoms with E-state index in [1.54, 1.807) is 6.07 Å². The van der Waals surface area contributed by atoms with Crippen LogP contribution in [0.2, 0.25) is 0 Å². The fraction of sp³-hybridized carbons (Fsp3) is 0.500. The summed E-state index contributed by atoms with van der Waals surface area (Å²) in [6.07, 6.45) is 1.88. The summed E-state index contributed by atoms with van der Waals surface area (Å²) in [6, 6.07) is 2.87. The lowest BCUT2D eigenvalue weighted by Gasteiger charge is -2.19. The summed E-state index contributed by atoms with van der Waals surface area (Å²) in [5.74, 6) is 0.470. The lowest BCUT2D eigenvalue weighted by molar-refractivity contribution is -0.384. The van der Waals surface area contributed by atoms with Crippen LogP contribution in [0.25, 0.3) is 0 Å². The van der Waals surface area contributed by atoms with Gasteiger partial charge in [0, 0.05) is 19.0 Å². The van der Waals surface area contributed by atoms with Crippen molar-refractivity contribution in [3.63, 3.8) is 0 Å². The Balaban J connectivity index is 2.10. The molecule has 20 heavy (non-hydrogen) atoms. The number of hydrogen-bond acceptors (Lipinski definition) is 5. The van der Waals surface area contributed by atoms with Crippen molar-refractivity contribution in [3.8, 4) is 5.75 Å². The molecule has 1 aliphatic heterocycles. The summed E-state index contributed by atoms with van der Waals surface area (Å²) in [5.41, 5.74) is 0.687. The van der Waals surface area contributed by atoms with Gasteiger partial charge in [-0.05, 0) is 18.9 Å². The van der Waals surface area contributed by atoms with Gasteiger partial charge in [-0.1, -0.05) is 0 Å². The number of rotatable bonds is 4. The lowest BCUT2D eigenvalue weighted by atomic mass is 10.1. The van der Waals surface area contributed by atoms with E-state index < -0.39 is 20.2 Å². The molecule has 0 atom stereocenters. The summed E-state index contributed by atoms with van der Waals surface area (Å²) < 4.78 is 30.8. The molecule has 0 unspecified atom stereocenters. The average molecular weight is 298 g/mol. The maximum atomic E-state index is 12.2. The van der Waals surface area contributed by atoms with Gasteiger partial charge in [-0.15, -0.1) is 0 Å². The molecule has 1 aromatic rings. The maximum Gasteiger partial charge on any atom is 0.297 e. The molecule has 0 aromatic heterocycles. The first-order valence-electron chi connectivity index (χ1n) is 6.33. The maximum absolute atomic E-state index is 12.2. The Morgan fingerprint density at radius 2 is 2.10 bits per heavy atom. The highest BCUT2D eigenvalue weighted by Crippen LogP contribution is 2.40. The predicted octanol–water partition coefficient (Wildman–Crippen LogP) is 1.46. The normalized spacial score (nSPS) is 17.4. The van der Waals surface area contributed by atoms with Crippen LogP contribution in [0.3, 0.4) is 0 Å². The van der Waals surface area contributed by atoms with Crippen molar-refractivity contribution in [3.05, 3.63) is 27.8 Å². The first-order valence-corrected chi connectivity index (χ1v) is 7.83. The van der Waals surface area contributed by atoms with Crippen LogP contribution in [-0.2, 0) is 16.4 Å². The van der Waals surface area contributed by atoms with Crippen molar-refractivity contribution in [2.24, 2.45) is 0 Å². The van der Waals surface area contributed by atoms with E-state index in [0.717, 1.165) is 9.87 Å². The quantitative estimate of drug-likeness (QED) is 0.620. The van der Waals surface area contributed by atoms with Gasteiger partial charge in [0.2, 0.25) is 10.0 Å². The van der Waals surface area contributed by atoms with Crippen LogP contribution in [0, 0.1) is 10.1 Å². The molecule has 1 saturated carbocycles. The summed E-state index contributed by atoms with van der Waals surface area (Å²) in [5, 5.41) is 10.8. The van der Waals surface area contributed by atoms with E-state index in [2.05, 4.69) is 0 Å². The molecular weight excluding hydrogens is 284 g/mol. The molecule has 3 rings (SSSR count). The van der Waals surface area contributed by atoms with Crippen LogP contribution in [-0.4, -0.2) is 32.2 Å². The summed E-state index contributed by atoms with van der Waals surface area (Å²) in [6.45, 7) is 0.467. The number of nitro benzene ring substituents is 1. The largest absolute Gasteiger partial charge is 0.493 e. The van der Waals surface area contributed by atoms with Gasteiger partial charge in [0.05, 0.1) is 22.8 Å². The average Bonchev–Trinajstić information content (AvgIpc) is 3.16. The van der Waals surface area contributed by atoms with E-state index in [1.807, 2.05) is 0 Å². The van der Waals surface area contributed by atoms with Crippen molar-refractivity contribution in [2.45, 2.75) is 24.5 Å². The Bertz CT molecular complexity index is 681. The molecule has 0 bridgehead atoms. The Morgan fingerprint density at radius 3 is 2.70 bits per heavy atom. The third kappa shape index (κ3) is 2.00. The van der Waals surface area contributed by atoms with Gasteiger partial charge in [-0.2, -0.15) is 0 Å². The van der Waals surface area contributed by atoms with E-state index in [4.69, 9.17) is 4.74 Å². The first-order chi connectivity index (χ1) is 9.41. The SMILES string of the molecule is CN(c1cc2c(cc1[N+](=O)[O-])OCC2)S(=O)(=O)C1CC1. The van der Waals surface area contributed by atoms with E-state index in [0.29, 0.717) is 31.6 Å². The van der Waals surface area contributed by atoms with Gasteiger partial charge >= 0.3 is 0 Å². The second-order valence-electron chi connectivity index (χ2n) is 5.02. The van der Waals surface area contributed by atoms with Crippen molar-refractivity contribution in [1.29, 1.82) is 0 Å². The molecule has 8 heteroatoms. The van der Waals surface area contributed by atoms with Gasteiger partial charge in [0.25, 0.3) is 5.69 Å². The molecule has 0 amide bonds. The van der Waals surface area contributed by atoms with E-state index in [1.165, 1.54) is 13.1 Å². The Kier molecular flexibility index (Phi) is 2.86. The Hall–Kier alpha value is -1.83. The second kappa shape index (κ2) is 4.34. The fourth-order valence-electron chi connectivity index (χ4n) is 2.33. The highest BCUT2D eigenvalue weighted by atomic mass is 32.2. The number of ether oxygens (including phenoxy) is 1. The van der Waals surface area contributed by atoms with Crippen LogP contribution in [0.5, 0.6) is 5.75 Å². The second-order valence-corrected chi connectivity index (χ2v) is 7.26. The zero-order valence-corrected chi connectivity index (χ0v) is 11.7. The smallest absolute Gasteiger partial charge is 0.297 e. The molecule has 1 fully saturated rings. The number of hydrogen-bond donors (Lipinski definition) is 0. The number of sulfonamides is 1. The minimum Gasteiger partial charge on any atom is -0.493 e. The van der Waals surface area contributed by atoms with E-state index in [-0.39, 0.29) is 11.4 Å². The lowest BCUT2D eigenvalue weighted by Crippen LogP contribution is -2.30. The molecule has 2 aliphatic rings. The van der Waals surface area contributed by atoms with E-state index in [9.17, 15) is 18.5 Å². The topological polar surface area (TPSA) is 89.8 Å². The van der Waals surface area contributed by atoms with Gasteiger partial charge in [-0.3, -0.25) is 14.4 Å². The van der Waals surface area contributed by atoms with Gasteiger partial charge in [-0.25, -0.2) is 8.42 Å². The summed E-state index contributed by atoms with van der Waals surface area (Å²) in [4.78, 5) is 10.6. The predicted molar refractivity (Wildman–Crippen MR) is 72.6 cm³/mol. The highest BCUT2D eigenvalue weighted by Gasteiger charge is 2.41. The summed E-state index contributed by atoms with van der Waals surface area (Å²) in [7, 11) is -2.13. The van der Waals surface area contributed by atoms with E-state index >= 15 is 0 Å². The minimum atomic E-state index is -3.50. The Morgan fingerprint density at radius 1 is 1.40 bits per heavy atom. The molecule has 0 saturated heterocycles. The monoisotopic (exact) mass is 298 g/mol. The molecule has 7 nitrogen and oxygen atoms in total. The number of nitrogens with zero attached hydrogens (tertiary/aromatic N) is 2. The zero-order valence-electron chi connectivity index (χ0n) is 10.9. The van der Waals surface area contributed by atoms with Gasteiger partial charge < -0.3 is 4.74 Å². The number of nitro groups is 1. The Labute approximate surface area is 116 Å². The fourth-order valence-corrected chi connectivity index (χ4v) is 3.93. The molecule has 1 aromatic carbocycles. The number of benzene rings is 1. The van der Waals surface area contributed by atoms with Gasteiger partial charge in [0.15, 0.2) is 0 Å². The van der Waals surface area contributed by atoms with Crippen LogP contribution >= 0.6 is 0 Å². The molecule has 0 N–H and O–H groups in total. The number of anilines is 1. The molecular formula is C12H14N2O5S.